The minimum atomic E-state index is 0.555. The monoisotopic (exact) mass is 265 g/mol. The van der Waals surface area contributed by atoms with E-state index in [4.69, 9.17) is 4.52 Å². The first-order valence-corrected chi connectivity index (χ1v) is 6.88. The van der Waals surface area contributed by atoms with Crippen molar-refractivity contribution < 1.29 is 4.52 Å². The molecule has 20 heavy (non-hydrogen) atoms. The van der Waals surface area contributed by atoms with Crippen molar-refractivity contribution in [3.63, 3.8) is 0 Å². The second-order valence-corrected chi connectivity index (χ2v) is 5.20. The first-order valence-electron chi connectivity index (χ1n) is 6.88. The molecule has 1 aliphatic rings. The molecule has 0 radical (unpaired) electrons. The molecule has 0 fully saturated rings. The highest BCUT2D eigenvalue weighted by Gasteiger charge is 2.15. The van der Waals surface area contributed by atoms with Crippen molar-refractivity contribution in [1.29, 1.82) is 0 Å². The van der Waals surface area contributed by atoms with Crippen LogP contribution in [-0.2, 0) is 19.4 Å². The summed E-state index contributed by atoms with van der Waals surface area (Å²) >= 11 is 0. The predicted octanol–water partition coefficient (Wildman–Crippen LogP) is 3.24. The van der Waals surface area contributed by atoms with E-state index in [1.165, 1.54) is 21.9 Å². The average molecular weight is 265 g/mol. The Balaban J connectivity index is 1.70. The van der Waals surface area contributed by atoms with Crippen LogP contribution in [0.3, 0.4) is 0 Å². The molecular weight excluding hydrogens is 250 g/mol. The van der Waals surface area contributed by atoms with Gasteiger partial charge in [-0.05, 0) is 42.3 Å². The van der Waals surface area contributed by atoms with Crippen LogP contribution in [-0.4, -0.2) is 10.1 Å². The standard InChI is InChI=1S/C16H15N3O/c1-10-18-15(20-19-10)9-17-14-8-7-12-6-5-11-3-2-4-13(14)16(11)12/h2-4,7-8,17H,5-6,9H2,1H3. The lowest BCUT2D eigenvalue weighted by Crippen LogP contribution is -2.00. The fourth-order valence-corrected chi connectivity index (χ4v) is 2.98. The van der Waals surface area contributed by atoms with Gasteiger partial charge in [0.15, 0.2) is 5.82 Å². The van der Waals surface area contributed by atoms with E-state index in [0.29, 0.717) is 18.3 Å². The van der Waals surface area contributed by atoms with Crippen LogP contribution >= 0.6 is 0 Å². The number of aryl methyl sites for hydroxylation is 3. The summed E-state index contributed by atoms with van der Waals surface area (Å²) < 4.78 is 5.13. The maximum atomic E-state index is 5.13. The maximum Gasteiger partial charge on any atom is 0.245 e. The molecule has 4 nitrogen and oxygen atoms in total. The Morgan fingerprint density at radius 1 is 1.15 bits per heavy atom. The van der Waals surface area contributed by atoms with Crippen LogP contribution in [0.15, 0.2) is 34.9 Å². The molecule has 1 aromatic heterocycles. The van der Waals surface area contributed by atoms with Crippen LogP contribution in [0.1, 0.15) is 22.8 Å². The molecule has 4 heteroatoms. The molecule has 4 rings (SSSR count). The highest BCUT2D eigenvalue weighted by Crippen LogP contribution is 2.35. The zero-order valence-corrected chi connectivity index (χ0v) is 11.3. The number of benzene rings is 2. The molecule has 0 bridgehead atoms. The molecule has 1 heterocycles. The summed E-state index contributed by atoms with van der Waals surface area (Å²) in [5.41, 5.74) is 4.04. The number of aromatic nitrogens is 2. The molecular formula is C16H15N3O. The highest BCUT2D eigenvalue weighted by molar-refractivity contribution is 5.99. The third-order valence-electron chi connectivity index (χ3n) is 3.88. The molecule has 0 atom stereocenters. The quantitative estimate of drug-likeness (QED) is 0.789. The van der Waals surface area contributed by atoms with E-state index in [1.807, 2.05) is 6.92 Å². The topological polar surface area (TPSA) is 51.0 Å². The molecule has 2 aromatic carbocycles. The van der Waals surface area contributed by atoms with Gasteiger partial charge in [-0.3, -0.25) is 0 Å². The van der Waals surface area contributed by atoms with Crippen LogP contribution in [0.5, 0.6) is 0 Å². The summed E-state index contributed by atoms with van der Waals surface area (Å²) in [6, 6.07) is 10.9. The lowest BCUT2D eigenvalue weighted by atomic mass is 10.0. The van der Waals surface area contributed by atoms with Crippen molar-refractivity contribution in [3.8, 4) is 0 Å². The van der Waals surface area contributed by atoms with E-state index in [9.17, 15) is 0 Å². The van der Waals surface area contributed by atoms with Gasteiger partial charge in [-0.25, -0.2) is 0 Å². The third-order valence-corrected chi connectivity index (χ3v) is 3.88. The molecule has 0 aliphatic heterocycles. The smallest absolute Gasteiger partial charge is 0.245 e. The van der Waals surface area contributed by atoms with Gasteiger partial charge in [0, 0.05) is 11.1 Å². The second kappa shape index (κ2) is 4.34. The van der Waals surface area contributed by atoms with Gasteiger partial charge in [0.2, 0.25) is 5.89 Å². The van der Waals surface area contributed by atoms with Crippen LogP contribution in [0.2, 0.25) is 0 Å². The minimum Gasteiger partial charge on any atom is -0.376 e. The number of rotatable bonds is 3. The van der Waals surface area contributed by atoms with Crippen LogP contribution in [0.4, 0.5) is 5.69 Å². The maximum absolute atomic E-state index is 5.13. The van der Waals surface area contributed by atoms with Crippen LogP contribution < -0.4 is 5.32 Å². The van der Waals surface area contributed by atoms with Crippen molar-refractivity contribution in [2.24, 2.45) is 0 Å². The Bertz CT molecular complexity index is 781. The molecule has 3 aromatic rings. The SMILES string of the molecule is Cc1noc(CNc2ccc3c4c(cccc24)CC3)n1. The molecule has 0 spiro atoms. The highest BCUT2D eigenvalue weighted by atomic mass is 16.5. The second-order valence-electron chi connectivity index (χ2n) is 5.20. The molecule has 0 saturated heterocycles. The van der Waals surface area contributed by atoms with Crippen molar-refractivity contribution in [1.82, 2.24) is 10.1 Å². The number of hydrogen-bond acceptors (Lipinski definition) is 4. The molecule has 0 saturated carbocycles. The fourth-order valence-electron chi connectivity index (χ4n) is 2.98. The van der Waals surface area contributed by atoms with E-state index in [0.717, 1.165) is 18.5 Å². The first-order chi connectivity index (χ1) is 9.81. The number of nitrogens with one attached hydrogen (secondary N) is 1. The van der Waals surface area contributed by atoms with E-state index in [1.54, 1.807) is 0 Å². The lowest BCUT2D eigenvalue weighted by molar-refractivity contribution is 0.379. The predicted molar refractivity (Wildman–Crippen MR) is 77.7 cm³/mol. The summed E-state index contributed by atoms with van der Waals surface area (Å²) in [4.78, 5) is 4.21. The largest absolute Gasteiger partial charge is 0.376 e. The van der Waals surface area contributed by atoms with Crippen LogP contribution in [0, 0.1) is 6.92 Å². The van der Waals surface area contributed by atoms with Crippen molar-refractivity contribution in [3.05, 3.63) is 53.2 Å². The summed E-state index contributed by atoms with van der Waals surface area (Å²) in [6.07, 6.45) is 2.30. The average Bonchev–Trinajstić information content (AvgIpc) is 3.06. The van der Waals surface area contributed by atoms with Gasteiger partial charge in [0.1, 0.15) is 0 Å². The molecule has 100 valence electrons. The zero-order chi connectivity index (χ0) is 13.5. The Kier molecular flexibility index (Phi) is 2.49. The van der Waals surface area contributed by atoms with E-state index < -0.39 is 0 Å². The zero-order valence-electron chi connectivity index (χ0n) is 11.3. The van der Waals surface area contributed by atoms with Gasteiger partial charge in [-0.15, -0.1) is 0 Å². The van der Waals surface area contributed by atoms with Crippen molar-refractivity contribution in [2.45, 2.75) is 26.3 Å². The first kappa shape index (κ1) is 11.5. The van der Waals surface area contributed by atoms with E-state index >= 15 is 0 Å². The third kappa shape index (κ3) is 1.76. The molecule has 0 amide bonds. The van der Waals surface area contributed by atoms with Gasteiger partial charge < -0.3 is 9.84 Å². The summed E-state index contributed by atoms with van der Waals surface area (Å²) in [5, 5.41) is 9.91. The van der Waals surface area contributed by atoms with E-state index in [-0.39, 0.29) is 0 Å². The number of anilines is 1. The summed E-state index contributed by atoms with van der Waals surface area (Å²) in [7, 11) is 0. The van der Waals surface area contributed by atoms with E-state index in [2.05, 4.69) is 45.8 Å². The fraction of sp³-hybridized carbons (Fsp3) is 0.250. The van der Waals surface area contributed by atoms with Crippen molar-refractivity contribution in [2.75, 3.05) is 5.32 Å². The van der Waals surface area contributed by atoms with Gasteiger partial charge in [0.05, 0.1) is 6.54 Å². The van der Waals surface area contributed by atoms with Crippen LogP contribution in [0.25, 0.3) is 10.8 Å². The normalized spacial score (nSPS) is 13.1. The summed E-state index contributed by atoms with van der Waals surface area (Å²) in [6.45, 7) is 2.38. The Hall–Kier alpha value is -2.36. The molecule has 0 unspecified atom stereocenters. The Morgan fingerprint density at radius 2 is 2.00 bits per heavy atom. The molecule has 1 N–H and O–H groups in total. The Labute approximate surface area is 116 Å². The number of hydrogen-bond donors (Lipinski definition) is 1. The lowest BCUT2D eigenvalue weighted by Gasteiger charge is -2.10. The summed E-state index contributed by atoms with van der Waals surface area (Å²) in [5.74, 6) is 1.29. The van der Waals surface area contributed by atoms with Gasteiger partial charge >= 0.3 is 0 Å². The van der Waals surface area contributed by atoms with Gasteiger partial charge in [-0.2, -0.15) is 4.98 Å². The van der Waals surface area contributed by atoms with Crippen molar-refractivity contribution >= 4 is 16.5 Å². The Morgan fingerprint density at radius 3 is 2.80 bits per heavy atom. The van der Waals surface area contributed by atoms with Gasteiger partial charge in [0.25, 0.3) is 0 Å². The minimum absolute atomic E-state index is 0.555. The molecule has 1 aliphatic carbocycles. The van der Waals surface area contributed by atoms with Gasteiger partial charge in [-0.1, -0.05) is 29.4 Å². The number of nitrogens with zero attached hydrogens (tertiary/aromatic N) is 2.